The number of rotatable bonds is 0. The van der Waals surface area contributed by atoms with E-state index >= 15 is 0 Å². The number of Topliss-reactive ketones (excluding diaryl/α,β-unsaturated/α-hetero) is 1. The number of fused-ring (bicyclic) bond motifs is 1. The molecular formula is C22H20O. The van der Waals surface area contributed by atoms with Crippen LogP contribution in [0.4, 0.5) is 0 Å². The third-order valence-corrected chi connectivity index (χ3v) is 6.78. The Morgan fingerprint density at radius 3 is 2.52 bits per heavy atom. The van der Waals surface area contributed by atoms with Gasteiger partial charge in [-0.05, 0) is 46.8 Å². The second kappa shape index (κ2) is 4.03. The Bertz CT molecular complexity index is 881. The summed E-state index contributed by atoms with van der Waals surface area (Å²) >= 11 is 0. The summed E-state index contributed by atoms with van der Waals surface area (Å²) in [5, 5.41) is 0. The van der Waals surface area contributed by atoms with Crippen molar-refractivity contribution in [3.8, 4) is 0 Å². The molecule has 114 valence electrons. The molecule has 0 spiro atoms. The van der Waals surface area contributed by atoms with E-state index in [9.17, 15) is 4.79 Å². The Morgan fingerprint density at radius 2 is 1.65 bits per heavy atom. The summed E-state index contributed by atoms with van der Waals surface area (Å²) in [7, 11) is 0. The van der Waals surface area contributed by atoms with Gasteiger partial charge in [-0.3, -0.25) is 4.79 Å². The Morgan fingerprint density at radius 1 is 0.870 bits per heavy atom. The maximum Gasteiger partial charge on any atom is 0.163 e. The van der Waals surface area contributed by atoms with E-state index in [1.165, 1.54) is 27.9 Å². The van der Waals surface area contributed by atoms with E-state index in [1.54, 1.807) is 0 Å². The minimum Gasteiger partial charge on any atom is -0.294 e. The fraction of sp³-hybridized carbons (Fsp3) is 0.318. The van der Waals surface area contributed by atoms with E-state index in [-0.39, 0.29) is 10.8 Å². The molecule has 0 amide bonds. The molecule has 0 radical (unpaired) electrons. The molecular weight excluding hydrogens is 280 g/mol. The van der Waals surface area contributed by atoms with Crippen LogP contribution in [0.1, 0.15) is 33.1 Å². The average molecular weight is 300 g/mol. The van der Waals surface area contributed by atoms with Crippen LogP contribution in [0, 0.1) is 10.8 Å². The summed E-state index contributed by atoms with van der Waals surface area (Å²) in [6.07, 6.45) is 20.6. The molecule has 0 unspecified atom stereocenters. The second-order valence-electron chi connectivity index (χ2n) is 7.54. The van der Waals surface area contributed by atoms with E-state index < -0.39 is 0 Å². The van der Waals surface area contributed by atoms with Crippen molar-refractivity contribution in [2.24, 2.45) is 10.8 Å². The molecule has 2 atom stereocenters. The van der Waals surface area contributed by atoms with Gasteiger partial charge in [-0.15, -0.1) is 0 Å². The van der Waals surface area contributed by atoms with Crippen molar-refractivity contribution in [3.63, 3.8) is 0 Å². The molecule has 0 aromatic heterocycles. The van der Waals surface area contributed by atoms with Crippen LogP contribution >= 0.6 is 0 Å². The first-order valence-electron chi connectivity index (χ1n) is 8.55. The van der Waals surface area contributed by atoms with Crippen LogP contribution in [0.3, 0.4) is 0 Å². The highest BCUT2D eigenvalue weighted by molar-refractivity contribution is 6.02. The zero-order valence-corrected chi connectivity index (χ0v) is 13.6. The third-order valence-electron chi connectivity index (χ3n) is 6.78. The van der Waals surface area contributed by atoms with Crippen LogP contribution < -0.4 is 0 Å². The van der Waals surface area contributed by atoms with Crippen molar-refractivity contribution in [3.05, 3.63) is 82.0 Å². The Hall–Kier alpha value is -2.15. The molecule has 5 aliphatic rings. The number of carbonyl (C=O) groups is 1. The van der Waals surface area contributed by atoms with E-state index in [0.29, 0.717) is 12.2 Å². The normalized spacial score (nSPS) is 36.7. The van der Waals surface area contributed by atoms with Gasteiger partial charge in [0.1, 0.15) is 0 Å². The van der Waals surface area contributed by atoms with Gasteiger partial charge in [-0.1, -0.05) is 56.4 Å². The van der Waals surface area contributed by atoms with Crippen molar-refractivity contribution in [1.29, 1.82) is 0 Å². The predicted octanol–water partition coefficient (Wildman–Crippen LogP) is 4.92. The lowest BCUT2D eigenvalue weighted by Gasteiger charge is -2.57. The summed E-state index contributed by atoms with van der Waals surface area (Å²) in [5.41, 5.74) is 7.58. The van der Waals surface area contributed by atoms with E-state index in [4.69, 9.17) is 0 Å². The maximum atomic E-state index is 12.5. The first-order chi connectivity index (χ1) is 11.1. The highest BCUT2D eigenvalue weighted by Gasteiger charge is 2.57. The maximum absolute atomic E-state index is 12.5. The van der Waals surface area contributed by atoms with Crippen LogP contribution in [-0.2, 0) is 4.79 Å². The molecule has 1 heteroatoms. The zero-order chi connectivity index (χ0) is 15.8. The SMILES string of the molecule is C[C@]12C3=CC=CC1=CC=C1C=C4C(=O)CCCC4=C(C=C3)[C@@]12C. The summed E-state index contributed by atoms with van der Waals surface area (Å²) in [4.78, 5) is 12.5. The van der Waals surface area contributed by atoms with Crippen molar-refractivity contribution < 1.29 is 4.79 Å². The van der Waals surface area contributed by atoms with Gasteiger partial charge in [0.2, 0.25) is 0 Å². The lowest BCUT2D eigenvalue weighted by atomic mass is 9.45. The monoisotopic (exact) mass is 300 g/mol. The number of hydrogen-bond acceptors (Lipinski definition) is 1. The van der Waals surface area contributed by atoms with Crippen LogP contribution in [0.2, 0.25) is 0 Å². The zero-order valence-electron chi connectivity index (χ0n) is 13.6. The van der Waals surface area contributed by atoms with Gasteiger partial charge in [0.15, 0.2) is 5.78 Å². The third kappa shape index (κ3) is 1.33. The molecule has 0 heterocycles. The molecule has 0 N–H and O–H groups in total. The molecule has 1 saturated carbocycles. The van der Waals surface area contributed by atoms with Crippen LogP contribution in [0.25, 0.3) is 0 Å². The molecule has 0 aromatic rings. The first-order valence-corrected chi connectivity index (χ1v) is 8.55. The lowest BCUT2D eigenvalue weighted by Crippen LogP contribution is -2.48. The Balaban J connectivity index is 1.90. The topological polar surface area (TPSA) is 17.1 Å². The van der Waals surface area contributed by atoms with Crippen molar-refractivity contribution >= 4 is 5.78 Å². The number of allylic oxidation sites excluding steroid dienone is 14. The van der Waals surface area contributed by atoms with E-state index in [2.05, 4.69) is 62.5 Å². The molecule has 1 fully saturated rings. The predicted molar refractivity (Wildman–Crippen MR) is 92.7 cm³/mol. The van der Waals surface area contributed by atoms with Gasteiger partial charge in [-0.2, -0.15) is 0 Å². The van der Waals surface area contributed by atoms with E-state index in [0.717, 1.165) is 18.4 Å². The molecule has 5 rings (SSSR count). The highest BCUT2D eigenvalue weighted by Crippen LogP contribution is 2.66. The average Bonchev–Trinajstić information content (AvgIpc) is 2.53. The minimum absolute atomic E-state index is 0.0363. The molecule has 0 aromatic carbocycles. The molecule has 1 nitrogen and oxygen atoms in total. The largest absolute Gasteiger partial charge is 0.294 e. The standard InChI is InChI=1S/C22H20O/c1-21-14-5-3-6-15(21)11-12-19-17-7-4-8-20(23)18(17)13-16(10-9-14)22(19,21)2/h3,5-6,9-13H,4,7-8H2,1-2H3/t21-,22-/m1/s1. The smallest absolute Gasteiger partial charge is 0.163 e. The van der Waals surface area contributed by atoms with Gasteiger partial charge < -0.3 is 0 Å². The summed E-state index contributed by atoms with van der Waals surface area (Å²) in [5.74, 6) is 0.319. The van der Waals surface area contributed by atoms with Gasteiger partial charge in [-0.25, -0.2) is 0 Å². The minimum atomic E-state index is -0.0706. The molecule has 23 heavy (non-hydrogen) atoms. The quantitative estimate of drug-likeness (QED) is 0.620. The summed E-state index contributed by atoms with van der Waals surface area (Å²) in [6, 6.07) is 0. The second-order valence-corrected chi connectivity index (χ2v) is 7.54. The van der Waals surface area contributed by atoms with Crippen molar-refractivity contribution in [1.82, 2.24) is 0 Å². The molecule has 0 aliphatic heterocycles. The van der Waals surface area contributed by atoms with Crippen LogP contribution in [0.5, 0.6) is 0 Å². The van der Waals surface area contributed by atoms with E-state index in [1.807, 2.05) is 0 Å². The van der Waals surface area contributed by atoms with Crippen LogP contribution in [0.15, 0.2) is 82.0 Å². The fourth-order valence-corrected chi connectivity index (χ4v) is 5.24. The number of ketones is 1. The van der Waals surface area contributed by atoms with Crippen LogP contribution in [-0.4, -0.2) is 5.78 Å². The summed E-state index contributed by atoms with van der Waals surface area (Å²) < 4.78 is 0. The number of carbonyl (C=O) groups excluding carboxylic acids is 1. The summed E-state index contributed by atoms with van der Waals surface area (Å²) in [6.45, 7) is 4.74. The first kappa shape index (κ1) is 13.3. The molecule has 5 aliphatic carbocycles. The molecule has 0 saturated heterocycles. The fourth-order valence-electron chi connectivity index (χ4n) is 5.24. The van der Waals surface area contributed by atoms with Gasteiger partial charge in [0.05, 0.1) is 0 Å². The Labute approximate surface area is 137 Å². The van der Waals surface area contributed by atoms with Crippen molar-refractivity contribution in [2.45, 2.75) is 33.1 Å². The van der Waals surface area contributed by atoms with Gasteiger partial charge in [0.25, 0.3) is 0 Å². The van der Waals surface area contributed by atoms with Gasteiger partial charge >= 0.3 is 0 Å². The lowest BCUT2D eigenvalue weighted by molar-refractivity contribution is -0.115. The van der Waals surface area contributed by atoms with Gasteiger partial charge in [0, 0.05) is 22.8 Å². The number of hydrogen-bond donors (Lipinski definition) is 0. The molecule has 0 bridgehead atoms. The van der Waals surface area contributed by atoms with Crippen molar-refractivity contribution in [2.75, 3.05) is 0 Å². The highest BCUT2D eigenvalue weighted by atomic mass is 16.1. The Kier molecular flexibility index (Phi) is 2.33.